The molecule has 2 aromatic rings. The predicted octanol–water partition coefficient (Wildman–Crippen LogP) is 1.98. The van der Waals surface area contributed by atoms with Gasteiger partial charge >= 0.3 is 0 Å². The topological polar surface area (TPSA) is 72.2 Å². The van der Waals surface area contributed by atoms with E-state index in [9.17, 15) is 4.39 Å². The van der Waals surface area contributed by atoms with E-state index in [4.69, 9.17) is 9.26 Å². The highest BCUT2D eigenvalue weighted by atomic mass is 19.1. The molecule has 6 nitrogen and oxygen atoms in total. The molecule has 1 unspecified atom stereocenters. The van der Waals surface area contributed by atoms with E-state index >= 15 is 0 Å². The van der Waals surface area contributed by atoms with E-state index in [0.717, 1.165) is 44.6 Å². The van der Waals surface area contributed by atoms with Crippen molar-refractivity contribution in [2.45, 2.75) is 25.4 Å². The van der Waals surface area contributed by atoms with Crippen molar-refractivity contribution in [3.8, 4) is 0 Å². The van der Waals surface area contributed by atoms with Gasteiger partial charge in [-0.3, -0.25) is 0 Å². The zero-order valence-corrected chi connectivity index (χ0v) is 12.9. The minimum absolute atomic E-state index is 0.251. The zero-order chi connectivity index (χ0) is 15.9. The highest BCUT2D eigenvalue weighted by molar-refractivity contribution is 5.24. The van der Waals surface area contributed by atoms with E-state index in [2.05, 4.69) is 20.8 Å². The maximum absolute atomic E-state index is 12.9. The van der Waals surface area contributed by atoms with E-state index in [1.165, 1.54) is 12.1 Å². The maximum atomic E-state index is 12.9. The van der Waals surface area contributed by atoms with Gasteiger partial charge in [0.1, 0.15) is 5.82 Å². The predicted molar refractivity (Wildman–Crippen MR) is 83.8 cm³/mol. The van der Waals surface area contributed by atoms with Crippen LogP contribution >= 0.6 is 0 Å². The number of nitrogens with zero attached hydrogens (tertiary/aromatic N) is 2. The molecule has 0 spiro atoms. The summed E-state index contributed by atoms with van der Waals surface area (Å²) in [6, 6.07) is 6.27. The molecule has 1 aliphatic rings. The number of hydrogen-bond acceptors (Lipinski definition) is 6. The fourth-order valence-corrected chi connectivity index (χ4v) is 2.51. The van der Waals surface area contributed by atoms with Crippen LogP contribution in [0.5, 0.6) is 0 Å². The van der Waals surface area contributed by atoms with E-state index < -0.39 is 0 Å². The lowest BCUT2D eigenvalue weighted by atomic mass is 10.1. The van der Waals surface area contributed by atoms with Gasteiger partial charge in [-0.05, 0) is 35.7 Å². The first-order valence-electron chi connectivity index (χ1n) is 7.93. The minimum Gasteiger partial charge on any atom is -0.376 e. The van der Waals surface area contributed by atoms with Crippen molar-refractivity contribution < 1.29 is 13.7 Å². The third-order valence-corrected chi connectivity index (χ3v) is 3.73. The average molecular weight is 320 g/mol. The summed E-state index contributed by atoms with van der Waals surface area (Å²) in [5.74, 6) is 0.752. The highest BCUT2D eigenvalue weighted by Gasteiger charge is 2.12. The molecule has 0 amide bonds. The van der Waals surface area contributed by atoms with Crippen LogP contribution in [0.3, 0.4) is 0 Å². The van der Waals surface area contributed by atoms with Gasteiger partial charge in [0, 0.05) is 19.6 Å². The normalized spacial score (nSPS) is 18.0. The molecular weight excluding hydrogens is 299 g/mol. The van der Waals surface area contributed by atoms with Gasteiger partial charge in [0.25, 0.3) is 5.95 Å². The summed E-state index contributed by atoms with van der Waals surface area (Å²) < 4.78 is 23.7. The Morgan fingerprint density at radius 3 is 2.96 bits per heavy atom. The van der Waals surface area contributed by atoms with Gasteiger partial charge in [0.05, 0.1) is 19.1 Å². The Labute approximate surface area is 134 Å². The van der Waals surface area contributed by atoms with Crippen molar-refractivity contribution >= 4 is 5.95 Å². The van der Waals surface area contributed by atoms with E-state index in [1.54, 1.807) is 12.1 Å². The third kappa shape index (κ3) is 5.01. The molecule has 1 aromatic carbocycles. The molecule has 0 radical (unpaired) electrons. The molecule has 7 heteroatoms. The van der Waals surface area contributed by atoms with Crippen LogP contribution in [-0.4, -0.2) is 42.5 Å². The van der Waals surface area contributed by atoms with Crippen molar-refractivity contribution in [2.75, 3.05) is 31.6 Å². The second-order valence-electron chi connectivity index (χ2n) is 5.58. The van der Waals surface area contributed by atoms with Crippen LogP contribution in [0, 0.1) is 5.82 Å². The van der Waals surface area contributed by atoms with Gasteiger partial charge in [-0.25, -0.2) is 4.39 Å². The van der Waals surface area contributed by atoms with Crippen molar-refractivity contribution in [3.05, 3.63) is 41.5 Å². The molecule has 1 saturated heterocycles. The van der Waals surface area contributed by atoms with Gasteiger partial charge < -0.3 is 19.9 Å². The highest BCUT2D eigenvalue weighted by Crippen LogP contribution is 2.11. The molecule has 124 valence electrons. The SMILES string of the molecule is Fc1ccc(Cc2nc(NCCCC3CNCCO3)no2)cc1. The smallest absolute Gasteiger partial charge is 0.263 e. The Hall–Kier alpha value is -1.99. The van der Waals surface area contributed by atoms with Gasteiger partial charge in [0.2, 0.25) is 5.89 Å². The summed E-state index contributed by atoms with van der Waals surface area (Å²) in [7, 11) is 0. The molecule has 23 heavy (non-hydrogen) atoms. The number of ether oxygens (including phenoxy) is 1. The lowest BCUT2D eigenvalue weighted by molar-refractivity contribution is 0.0230. The first kappa shape index (κ1) is 15.9. The molecule has 0 aliphatic carbocycles. The Bertz CT molecular complexity index is 596. The summed E-state index contributed by atoms with van der Waals surface area (Å²) in [6.45, 7) is 3.42. The summed E-state index contributed by atoms with van der Waals surface area (Å²) in [6.07, 6.45) is 2.77. The molecule has 3 rings (SSSR count). The van der Waals surface area contributed by atoms with Crippen LogP contribution in [0.2, 0.25) is 0 Å². The number of aromatic nitrogens is 2. The number of halogens is 1. The molecule has 0 bridgehead atoms. The molecule has 2 heterocycles. The fraction of sp³-hybridized carbons (Fsp3) is 0.500. The summed E-state index contributed by atoms with van der Waals surface area (Å²) in [5, 5.41) is 10.4. The van der Waals surface area contributed by atoms with Gasteiger partial charge in [0.15, 0.2) is 0 Å². The van der Waals surface area contributed by atoms with E-state index in [-0.39, 0.29) is 5.82 Å². The third-order valence-electron chi connectivity index (χ3n) is 3.73. The Morgan fingerprint density at radius 2 is 2.17 bits per heavy atom. The Balaban J connectivity index is 1.39. The number of anilines is 1. The average Bonchev–Trinajstić information content (AvgIpc) is 3.02. The van der Waals surface area contributed by atoms with Gasteiger partial charge in [-0.15, -0.1) is 0 Å². The fourth-order valence-electron chi connectivity index (χ4n) is 2.51. The first-order chi connectivity index (χ1) is 11.3. The second kappa shape index (κ2) is 8.03. The summed E-state index contributed by atoms with van der Waals surface area (Å²) in [5.41, 5.74) is 0.934. The van der Waals surface area contributed by atoms with Crippen molar-refractivity contribution in [1.82, 2.24) is 15.5 Å². The summed E-state index contributed by atoms with van der Waals surface area (Å²) in [4.78, 5) is 4.29. The summed E-state index contributed by atoms with van der Waals surface area (Å²) >= 11 is 0. The Kier molecular flexibility index (Phi) is 5.55. The molecular formula is C16H21FN4O2. The molecule has 1 aromatic heterocycles. The number of hydrogen-bond donors (Lipinski definition) is 2. The van der Waals surface area contributed by atoms with Crippen LogP contribution in [0.15, 0.2) is 28.8 Å². The number of rotatable bonds is 7. The minimum atomic E-state index is -0.251. The first-order valence-corrected chi connectivity index (χ1v) is 7.93. The van der Waals surface area contributed by atoms with Crippen LogP contribution < -0.4 is 10.6 Å². The zero-order valence-electron chi connectivity index (χ0n) is 12.9. The number of nitrogens with one attached hydrogen (secondary N) is 2. The van der Waals surface area contributed by atoms with Crippen LogP contribution in [0.1, 0.15) is 24.3 Å². The van der Waals surface area contributed by atoms with Gasteiger partial charge in [-0.2, -0.15) is 4.98 Å². The van der Waals surface area contributed by atoms with E-state index in [0.29, 0.717) is 24.4 Å². The standard InChI is InChI=1S/C16H21FN4O2/c17-13-5-3-12(4-6-13)10-15-20-16(21-23-15)19-7-1-2-14-11-18-8-9-22-14/h3-6,14,18H,1-2,7-11H2,(H,19,21). The molecule has 1 atom stereocenters. The largest absolute Gasteiger partial charge is 0.376 e. The van der Waals surface area contributed by atoms with Crippen molar-refractivity contribution in [1.29, 1.82) is 0 Å². The van der Waals surface area contributed by atoms with Crippen molar-refractivity contribution in [3.63, 3.8) is 0 Å². The molecule has 1 fully saturated rings. The molecule has 2 N–H and O–H groups in total. The molecule has 0 saturated carbocycles. The maximum Gasteiger partial charge on any atom is 0.263 e. The lowest BCUT2D eigenvalue weighted by Gasteiger charge is -2.23. The van der Waals surface area contributed by atoms with Crippen LogP contribution in [0.4, 0.5) is 10.3 Å². The van der Waals surface area contributed by atoms with Crippen LogP contribution in [0.25, 0.3) is 0 Å². The number of morpholine rings is 1. The quantitative estimate of drug-likeness (QED) is 0.760. The lowest BCUT2D eigenvalue weighted by Crippen LogP contribution is -2.38. The number of benzene rings is 1. The molecule has 1 aliphatic heterocycles. The second-order valence-corrected chi connectivity index (χ2v) is 5.58. The monoisotopic (exact) mass is 320 g/mol. The van der Waals surface area contributed by atoms with Crippen molar-refractivity contribution in [2.24, 2.45) is 0 Å². The van der Waals surface area contributed by atoms with E-state index in [1.807, 2.05) is 0 Å². The Morgan fingerprint density at radius 1 is 1.30 bits per heavy atom. The van der Waals surface area contributed by atoms with Gasteiger partial charge in [-0.1, -0.05) is 12.1 Å². The van der Waals surface area contributed by atoms with Crippen LogP contribution in [-0.2, 0) is 11.2 Å².